The van der Waals surface area contributed by atoms with E-state index in [1.54, 1.807) is 11.0 Å². The van der Waals surface area contributed by atoms with E-state index in [4.69, 9.17) is 4.52 Å². The van der Waals surface area contributed by atoms with Crippen LogP contribution < -0.4 is 5.32 Å². The summed E-state index contributed by atoms with van der Waals surface area (Å²) in [5, 5.41) is 6.33. The Morgan fingerprint density at radius 1 is 1.23 bits per heavy atom. The lowest BCUT2D eigenvalue weighted by Gasteiger charge is -2.29. The predicted molar refractivity (Wildman–Crippen MR) is 81.0 cm³/mol. The summed E-state index contributed by atoms with van der Waals surface area (Å²) in [5.74, 6) is 1.00. The third-order valence-corrected chi connectivity index (χ3v) is 4.48. The summed E-state index contributed by atoms with van der Waals surface area (Å²) in [6, 6.07) is 1.59. The molecule has 22 heavy (non-hydrogen) atoms. The Balaban J connectivity index is 1.57. The van der Waals surface area contributed by atoms with Gasteiger partial charge in [0.05, 0.1) is 6.54 Å². The Bertz CT molecular complexity index is 505. The predicted octanol–water partition coefficient (Wildman–Crippen LogP) is 2.43. The molecule has 3 rings (SSSR count). The molecule has 0 unspecified atom stereocenters. The maximum atomic E-state index is 12.4. The number of carbonyl (C=O) groups excluding carboxylic acids is 2. The van der Waals surface area contributed by atoms with Gasteiger partial charge in [-0.25, -0.2) is 0 Å². The second-order valence-electron chi connectivity index (χ2n) is 6.43. The monoisotopic (exact) mass is 305 g/mol. The minimum Gasteiger partial charge on any atom is -0.363 e. The van der Waals surface area contributed by atoms with Crippen LogP contribution >= 0.6 is 0 Å². The summed E-state index contributed by atoms with van der Waals surface area (Å²) in [5.41, 5.74) is 0. The minimum atomic E-state index is -0.210. The molecule has 0 aliphatic heterocycles. The topological polar surface area (TPSA) is 75.4 Å². The number of aromatic nitrogens is 1. The van der Waals surface area contributed by atoms with E-state index in [-0.39, 0.29) is 24.3 Å². The van der Waals surface area contributed by atoms with Crippen molar-refractivity contribution in [1.82, 2.24) is 10.1 Å². The van der Waals surface area contributed by atoms with Crippen molar-refractivity contribution in [3.8, 4) is 0 Å². The van der Waals surface area contributed by atoms with Crippen molar-refractivity contribution in [1.29, 1.82) is 0 Å². The minimum absolute atomic E-state index is 0.110. The van der Waals surface area contributed by atoms with E-state index in [0.29, 0.717) is 18.3 Å². The van der Waals surface area contributed by atoms with Gasteiger partial charge < -0.3 is 14.7 Å². The van der Waals surface area contributed by atoms with Crippen molar-refractivity contribution in [3.63, 3.8) is 0 Å². The van der Waals surface area contributed by atoms with Crippen LogP contribution in [0.25, 0.3) is 0 Å². The maximum absolute atomic E-state index is 12.4. The molecule has 0 radical (unpaired) electrons. The van der Waals surface area contributed by atoms with Gasteiger partial charge in [0.1, 0.15) is 6.26 Å². The van der Waals surface area contributed by atoms with Crippen LogP contribution in [-0.4, -0.2) is 35.0 Å². The molecule has 6 nitrogen and oxygen atoms in total. The first-order chi connectivity index (χ1) is 10.7. The molecule has 0 bridgehead atoms. The van der Waals surface area contributed by atoms with Gasteiger partial charge in [-0.2, -0.15) is 0 Å². The lowest BCUT2D eigenvalue weighted by atomic mass is 9.89. The molecular formula is C16H23N3O3. The first-order valence-electron chi connectivity index (χ1n) is 8.21. The van der Waals surface area contributed by atoms with Gasteiger partial charge in [-0.1, -0.05) is 24.4 Å². The number of nitrogens with zero attached hydrogens (tertiary/aromatic N) is 2. The van der Waals surface area contributed by atoms with Gasteiger partial charge in [0, 0.05) is 18.5 Å². The van der Waals surface area contributed by atoms with E-state index in [1.807, 2.05) is 0 Å². The zero-order valence-corrected chi connectivity index (χ0v) is 12.8. The van der Waals surface area contributed by atoms with Crippen LogP contribution in [0, 0.1) is 11.8 Å². The third kappa shape index (κ3) is 4.08. The number of amides is 2. The van der Waals surface area contributed by atoms with Gasteiger partial charge in [0.2, 0.25) is 11.8 Å². The van der Waals surface area contributed by atoms with E-state index in [2.05, 4.69) is 10.5 Å². The van der Waals surface area contributed by atoms with Crippen molar-refractivity contribution >= 4 is 17.6 Å². The van der Waals surface area contributed by atoms with Crippen LogP contribution in [0.3, 0.4) is 0 Å². The fourth-order valence-corrected chi connectivity index (χ4v) is 3.14. The largest absolute Gasteiger partial charge is 0.363 e. The zero-order valence-electron chi connectivity index (χ0n) is 12.8. The molecule has 120 valence electrons. The number of hydrogen-bond acceptors (Lipinski definition) is 4. The highest BCUT2D eigenvalue weighted by Crippen LogP contribution is 2.32. The van der Waals surface area contributed by atoms with Crippen LogP contribution in [0.15, 0.2) is 16.9 Å². The first-order valence-corrected chi connectivity index (χ1v) is 8.21. The summed E-state index contributed by atoms with van der Waals surface area (Å²) < 4.78 is 4.69. The first kappa shape index (κ1) is 15.1. The Hall–Kier alpha value is -1.85. The van der Waals surface area contributed by atoms with E-state index in [9.17, 15) is 9.59 Å². The SMILES string of the molecule is O=C(CN(CC1CCCCC1)C(=O)C1CC1)Nc1ccon1. The third-order valence-electron chi connectivity index (χ3n) is 4.48. The molecule has 1 N–H and O–H groups in total. The van der Waals surface area contributed by atoms with Gasteiger partial charge in [0.25, 0.3) is 0 Å². The average molecular weight is 305 g/mol. The summed E-state index contributed by atoms with van der Waals surface area (Å²) in [6.07, 6.45) is 9.43. The van der Waals surface area contributed by atoms with Crippen molar-refractivity contribution in [2.75, 3.05) is 18.4 Å². The molecule has 2 aliphatic carbocycles. The van der Waals surface area contributed by atoms with Crippen molar-refractivity contribution in [3.05, 3.63) is 12.3 Å². The number of carbonyl (C=O) groups is 2. The van der Waals surface area contributed by atoms with E-state index in [1.165, 1.54) is 38.4 Å². The molecule has 0 atom stereocenters. The van der Waals surface area contributed by atoms with Gasteiger partial charge in [-0.3, -0.25) is 9.59 Å². The second kappa shape index (κ2) is 6.94. The Labute approximate surface area is 130 Å². The fraction of sp³-hybridized carbons (Fsp3) is 0.688. The number of anilines is 1. The lowest BCUT2D eigenvalue weighted by Crippen LogP contribution is -2.42. The Kier molecular flexibility index (Phi) is 4.75. The highest BCUT2D eigenvalue weighted by atomic mass is 16.5. The van der Waals surface area contributed by atoms with Crippen LogP contribution in [0.5, 0.6) is 0 Å². The van der Waals surface area contributed by atoms with Crippen molar-refractivity contribution in [2.24, 2.45) is 11.8 Å². The summed E-state index contributed by atoms with van der Waals surface area (Å²) >= 11 is 0. The molecule has 1 aromatic rings. The summed E-state index contributed by atoms with van der Waals surface area (Å²) in [4.78, 5) is 26.3. The molecule has 2 fully saturated rings. The number of rotatable bonds is 6. The molecule has 6 heteroatoms. The average Bonchev–Trinajstić information content (AvgIpc) is 3.25. The fourth-order valence-electron chi connectivity index (χ4n) is 3.14. The smallest absolute Gasteiger partial charge is 0.245 e. The molecule has 0 spiro atoms. The zero-order chi connectivity index (χ0) is 15.4. The molecule has 1 aromatic heterocycles. The van der Waals surface area contributed by atoms with Crippen LogP contribution in [0.4, 0.5) is 5.82 Å². The van der Waals surface area contributed by atoms with Gasteiger partial charge in [-0.05, 0) is 31.6 Å². The molecular weight excluding hydrogens is 282 g/mol. The molecule has 2 aliphatic rings. The van der Waals surface area contributed by atoms with Crippen molar-refractivity contribution in [2.45, 2.75) is 44.9 Å². The summed E-state index contributed by atoms with van der Waals surface area (Å²) in [6.45, 7) is 0.820. The molecule has 0 aromatic carbocycles. The second-order valence-corrected chi connectivity index (χ2v) is 6.43. The van der Waals surface area contributed by atoms with Crippen molar-refractivity contribution < 1.29 is 14.1 Å². The van der Waals surface area contributed by atoms with Crippen LogP contribution in [0.2, 0.25) is 0 Å². The van der Waals surface area contributed by atoms with Gasteiger partial charge in [0.15, 0.2) is 5.82 Å². The van der Waals surface area contributed by atoms with E-state index in [0.717, 1.165) is 12.8 Å². The van der Waals surface area contributed by atoms with Crippen LogP contribution in [-0.2, 0) is 9.59 Å². The molecule has 2 amide bonds. The Morgan fingerprint density at radius 3 is 2.64 bits per heavy atom. The Morgan fingerprint density at radius 2 is 2.00 bits per heavy atom. The standard InChI is InChI=1S/C16H23N3O3/c20-15(17-14-8-9-22-18-14)11-19(16(21)13-6-7-13)10-12-4-2-1-3-5-12/h8-9,12-13H,1-7,10-11H2,(H,17,18,20). The highest BCUT2D eigenvalue weighted by Gasteiger charge is 2.35. The van der Waals surface area contributed by atoms with Gasteiger partial charge in [-0.15, -0.1) is 0 Å². The molecule has 2 saturated carbocycles. The normalized spacial score (nSPS) is 18.9. The van der Waals surface area contributed by atoms with Crippen LogP contribution in [0.1, 0.15) is 44.9 Å². The van der Waals surface area contributed by atoms with E-state index >= 15 is 0 Å². The molecule has 1 heterocycles. The number of hydrogen-bond donors (Lipinski definition) is 1. The van der Waals surface area contributed by atoms with Gasteiger partial charge >= 0.3 is 0 Å². The highest BCUT2D eigenvalue weighted by molar-refractivity contribution is 5.94. The summed E-state index contributed by atoms with van der Waals surface area (Å²) in [7, 11) is 0. The number of nitrogens with one attached hydrogen (secondary N) is 1. The lowest BCUT2D eigenvalue weighted by molar-refractivity contribution is -0.136. The quantitative estimate of drug-likeness (QED) is 0.876. The molecule has 0 saturated heterocycles. The van der Waals surface area contributed by atoms with E-state index < -0.39 is 0 Å². The maximum Gasteiger partial charge on any atom is 0.245 e.